The molecule has 0 radical (unpaired) electrons. The van der Waals surface area contributed by atoms with E-state index in [-0.39, 0.29) is 23.9 Å². The van der Waals surface area contributed by atoms with Crippen molar-refractivity contribution in [3.8, 4) is 36.0 Å². The molecule has 0 N–H and O–H groups in total. The fourth-order valence-corrected chi connectivity index (χ4v) is 3.77. The number of rotatable bonds is 0. The molecular formula is C15H12O2. The maximum atomic E-state index is 11.8. The van der Waals surface area contributed by atoms with Gasteiger partial charge in [-0.05, 0) is 41.9 Å². The Morgan fingerprint density at radius 2 is 2.12 bits per heavy atom. The zero-order valence-corrected chi connectivity index (χ0v) is 9.57. The van der Waals surface area contributed by atoms with Gasteiger partial charge in [-0.25, -0.2) is 0 Å². The smallest absolute Gasteiger partial charge is 0.310 e. The van der Waals surface area contributed by atoms with E-state index >= 15 is 0 Å². The van der Waals surface area contributed by atoms with Crippen molar-refractivity contribution in [2.75, 3.05) is 0 Å². The number of ether oxygens (including phenoxy) is 1. The minimum Gasteiger partial charge on any atom is -0.461 e. The molecule has 1 aliphatic heterocycles. The van der Waals surface area contributed by atoms with Crippen LogP contribution >= 0.6 is 0 Å². The number of esters is 1. The topological polar surface area (TPSA) is 26.3 Å². The highest BCUT2D eigenvalue weighted by Gasteiger charge is 2.64. The van der Waals surface area contributed by atoms with Crippen LogP contribution in [0.5, 0.6) is 0 Å². The molecule has 6 unspecified atom stereocenters. The van der Waals surface area contributed by atoms with E-state index in [1.807, 2.05) is 0 Å². The Morgan fingerprint density at radius 1 is 1.29 bits per heavy atom. The van der Waals surface area contributed by atoms with Crippen molar-refractivity contribution >= 4 is 5.97 Å². The van der Waals surface area contributed by atoms with Gasteiger partial charge in [0.2, 0.25) is 0 Å². The van der Waals surface area contributed by atoms with Gasteiger partial charge in [0.25, 0.3) is 0 Å². The number of hydrogen-bond acceptors (Lipinski definition) is 2. The van der Waals surface area contributed by atoms with Gasteiger partial charge in [-0.3, -0.25) is 4.79 Å². The molecule has 0 aromatic rings. The summed E-state index contributed by atoms with van der Waals surface area (Å²) in [4.78, 5) is 11.8. The molecule has 2 aliphatic carbocycles. The van der Waals surface area contributed by atoms with Crippen LogP contribution in [-0.2, 0) is 9.53 Å². The highest BCUT2D eigenvalue weighted by Crippen LogP contribution is 2.59. The van der Waals surface area contributed by atoms with E-state index in [0.29, 0.717) is 17.8 Å². The number of carbonyl (C=O) groups is 1. The molecule has 1 heterocycles. The van der Waals surface area contributed by atoms with E-state index in [2.05, 4.69) is 36.5 Å². The first-order valence-electron chi connectivity index (χ1n) is 5.90. The number of terminal acetylenes is 1. The zero-order chi connectivity index (χ0) is 12.0. The molecule has 0 amide bonds. The SMILES string of the molecule is C#CC#CC#CC1C2CC3C(OC(=O)C13)C2C. The van der Waals surface area contributed by atoms with Crippen LogP contribution in [0.15, 0.2) is 0 Å². The van der Waals surface area contributed by atoms with E-state index in [1.54, 1.807) is 0 Å². The summed E-state index contributed by atoms with van der Waals surface area (Å²) in [5.41, 5.74) is 0. The maximum Gasteiger partial charge on any atom is 0.310 e. The van der Waals surface area contributed by atoms with E-state index < -0.39 is 0 Å². The Morgan fingerprint density at radius 3 is 2.88 bits per heavy atom. The average molecular weight is 224 g/mol. The Hall–Kier alpha value is -1.85. The van der Waals surface area contributed by atoms with Gasteiger partial charge in [0.1, 0.15) is 6.10 Å². The van der Waals surface area contributed by atoms with Gasteiger partial charge in [0.05, 0.1) is 5.92 Å². The minimum atomic E-state index is -0.0592. The molecule has 1 saturated heterocycles. The molecule has 17 heavy (non-hydrogen) atoms. The molecule has 2 nitrogen and oxygen atoms in total. The third kappa shape index (κ3) is 1.30. The molecule has 84 valence electrons. The minimum absolute atomic E-state index is 0.0127. The van der Waals surface area contributed by atoms with Crippen molar-refractivity contribution in [3.63, 3.8) is 0 Å². The second-order valence-electron chi connectivity index (χ2n) is 5.04. The molecule has 2 saturated carbocycles. The van der Waals surface area contributed by atoms with Crippen LogP contribution in [-0.4, -0.2) is 12.1 Å². The van der Waals surface area contributed by atoms with E-state index in [4.69, 9.17) is 11.2 Å². The first kappa shape index (κ1) is 10.3. The second-order valence-corrected chi connectivity index (χ2v) is 5.04. The van der Waals surface area contributed by atoms with E-state index in [0.717, 1.165) is 6.42 Å². The molecule has 3 aliphatic rings. The van der Waals surface area contributed by atoms with Crippen LogP contribution in [0.2, 0.25) is 0 Å². The molecular weight excluding hydrogens is 212 g/mol. The van der Waals surface area contributed by atoms with Crippen molar-refractivity contribution in [2.24, 2.45) is 29.6 Å². The number of hydrogen-bond donors (Lipinski definition) is 0. The van der Waals surface area contributed by atoms with E-state index in [1.165, 1.54) is 0 Å². The lowest BCUT2D eigenvalue weighted by molar-refractivity contribution is -0.144. The van der Waals surface area contributed by atoms with Crippen LogP contribution in [0.3, 0.4) is 0 Å². The summed E-state index contributed by atoms with van der Waals surface area (Å²) in [6.07, 6.45) is 6.24. The van der Waals surface area contributed by atoms with Crippen LogP contribution < -0.4 is 0 Å². The lowest BCUT2D eigenvalue weighted by atomic mass is 9.75. The zero-order valence-electron chi connectivity index (χ0n) is 9.57. The Balaban J connectivity index is 1.89. The second kappa shape index (κ2) is 3.58. The summed E-state index contributed by atoms with van der Waals surface area (Å²) < 4.78 is 5.43. The molecule has 0 spiro atoms. The molecule has 2 heteroatoms. The lowest BCUT2D eigenvalue weighted by Crippen LogP contribution is -2.31. The fraction of sp³-hybridized carbons (Fsp3) is 0.533. The number of carbonyl (C=O) groups excluding carboxylic acids is 1. The fourth-order valence-electron chi connectivity index (χ4n) is 3.77. The van der Waals surface area contributed by atoms with Crippen molar-refractivity contribution in [1.29, 1.82) is 0 Å². The summed E-state index contributed by atoms with van der Waals surface area (Å²) >= 11 is 0. The van der Waals surface area contributed by atoms with Crippen molar-refractivity contribution in [2.45, 2.75) is 19.4 Å². The van der Waals surface area contributed by atoms with Gasteiger partial charge in [-0.15, -0.1) is 6.42 Å². The molecule has 6 atom stereocenters. The summed E-state index contributed by atoms with van der Waals surface area (Å²) in [7, 11) is 0. The van der Waals surface area contributed by atoms with Crippen molar-refractivity contribution in [1.82, 2.24) is 0 Å². The van der Waals surface area contributed by atoms with E-state index in [9.17, 15) is 4.79 Å². The third-order valence-corrected chi connectivity index (χ3v) is 4.43. The average Bonchev–Trinajstić information content (AvgIpc) is 2.89. The van der Waals surface area contributed by atoms with Crippen LogP contribution in [0.4, 0.5) is 0 Å². The highest BCUT2D eigenvalue weighted by atomic mass is 16.6. The van der Waals surface area contributed by atoms with Crippen LogP contribution in [0, 0.1) is 65.6 Å². The van der Waals surface area contributed by atoms with Gasteiger partial charge >= 0.3 is 5.97 Å². The largest absolute Gasteiger partial charge is 0.461 e. The van der Waals surface area contributed by atoms with Gasteiger partial charge in [-0.2, -0.15) is 0 Å². The molecule has 0 aromatic heterocycles. The highest BCUT2D eigenvalue weighted by molar-refractivity contribution is 5.77. The van der Waals surface area contributed by atoms with Gasteiger partial charge < -0.3 is 4.74 Å². The third-order valence-electron chi connectivity index (χ3n) is 4.43. The van der Waals surface area contributed by atoms with Gasteiger partial charge in [0, 0.05) is 11.8 Å². The predicted molar refractivity (Wildman–Crippen MR) is 62.0 cm³/mol. The first-order chi connectivity index (χ1) is 8.24. The molecule has 3 fully saturated rings. The maximum absolute atomic E-state index is 11.8. The van der Waals surface area contributed by atoms with Crippen molar-refractivity contribution in [3.05, 3.63) is 0 Å². The predicted octanol–water partition coefficient (Wildman–Crippen LogP) is 1.07. The summed E-state index contributed by atoms with van der Waals surface area (Å²) in [6.45, 7) is 2.16. The lowest BCUT2D eigenvalue weighted by Gasteiger charge is -2.25. The summed E-state index contributed by atoms with van der Waals surface area (Å²) in [6, 6.07) is 0. The Labute approximate surface area is 101 Å². The Bertz CT molecular complexity index is 531. The quantitative estimate of drug-likeness (QED) is 0.454. The molecule has 3 rings (SSSR count). The normalized spacial score (nSPS) is 44.1. The number of fused-ring (bicyclic) bond motifs is 1. The standard InChI is InChI=1S/C15H12O2/c1-3-4-5-6-7-10-11-8-12-13(10)15(16)17-14(12)9(11)2/h1,9-14H,8H2,2H3. The summed E-state index contributed by atoms with van der Waals surface area (Å²) in [5.74, 6) is 14.6. The molecule has 0 aromatic carbocycles. The monoisotopic (exact) mass is 224 g/mol. The Kier molecular flexibility index (Phi) is 2.17. The summed E-state index contributed by atoms with van der Waals surface area (Å²) in [5, 5.41) is 0. The van der Waals surface area contributed by atoms with Gasteiger partial charge in [0.15, 0.2) is 0 Å². The van der Waals surface area contributed by atoms with Gasteiger partial charge in [-0.1, -0.05) is 12.8 Å². The first-order valence-corrected chi connectivity index (χ1v) is 5.90. The van der Waals surface area contributed by atoms with Crippen LogP contribution in [0.25, 0.3) is 0 Å². The van der Waals surface area contributed by atoms with Crippen LogP contribution in [0.1, 0.15) is 13.3 Å². The molecule has 2 bridgehead atoms. The van der Waals surface area contributed by atoms with Crippen molar-refractivity contribution < 1.29 is 9.53 Å².